The molecule has 0 spiro atoms. The van der Waals surface area contributed by atoms with E-state index in [1.807, 2.05) is 19.1 Å². The van der Waals surface area contributed by atoms with Gasteiger partial charge in [-0.2, -0.15) is 0 Å². The molecular weight excluding hydrogens is 371 g/mol. The molecule has 0 aliphatic heterocycles. The number of aryl methyl sites for hydroxylation is 1. The molecule has 7 nitrogen and oxygen atoms in total. The molecule has 154 valence electrons. The van der Waals surface area contributed by atoms with Crippen molar-refractivity contribution in [2.24, 2.45) is 0 Å². The molecule has 1 rings (SSSR count). The summed E-state index contributed by atoms with van der Waals surface area (Å²) in [6.45, 7) is 6.41. The van der Waals surface area contributed by atoms with E-state index in [-0.39, 0.29) is 12.4 Å². The van der Waals surface area contributed by atoms with E-state index >= 15 is 0 Å². The van der Waals surface area contributed by atoms with Gasteiger partial charge >= 0.3 is 5.97 Å². The summed E-state index contributed by atoms with van der Waals surface area (Å²) in [5.41, 5.74) is 1.11. The highest BCUT2D eigenvalue weighted by Gasteiger charge is 2.07. The van der Waals surface area contributed by atoms with Crippen LogP contribution in [-0.2, 0) is 28.5 Å². The van der Waals surface area contributed by atoms with Crippen LogP contribution in [0.2, 0.25) is 0 Å². The Morgan fingerprint density at radius 1 is 0.852 bits per heavy atom. The third-order valence-corrected chi connectivity index (χ3v) is 3.84. The van der Waals surface area contributed by atoms with Crippen molar-refractivity contribution in [1.29, 1.82) is 0 Å². The van der Waals surface area contributed by atoms with Gasteiger partial charge in [-0.1, -0.05) is 11.6 Å². The standard InChI is InChI=1S/C19H31O7P/c1-16-3-4-17(18(27)15-16)26-19(20)5-6-22-9-10-24-13-14-25-12-11-23-8-7-21-2/h3-4,15H,5-14,27H2,1-2H3. The van der Waals surface area contributed by atoms with Crippen LogP contribution >= 0.6 is 9.24 Å². The van der Waals surface area contributed by atoms with Crippen LogP contribution in [0.4, 0.5) is 0 Å². The molecule has 1 unspecified atom stereocenters. The molecule has 0 saturated carbocycles. The predicted octanol–water partition coefficient (Wildman–Crippen LogP) is 1.50. The topological polar surface area (TPSA) is 72.5 Å². The zero-order valence-electron chi connectivity index (χ0n) is 16.2. The first-order valence-corrected chi connectivity index (χ1v) is 9.58. The maximum Gasteiger partial charge on any atom is 0.313 e. The summed E-state index contributed by atoms with van der Waals surface area (Å²) in [5.74, 6) is 0.243. The van der Waals surface area contributed by atoms with E-state index in [4.69, 9.17) is 28.4 Å². The van der Waals surface area contributed by atoms with E-state index in [0.29, 0.717) is 65.2 Å². The Morgan fingerprint density at radius 2 is 1.37 bits per heavy atom. The van der Waals surface area contributed by atoms with Crippen LogP contribution in [0, 0.1) is 6.92 Å². The molecular formula is C19H31O7P. The fraction of sp³-hybridized carbons (Fsp3) is 0.632. The van der Waals surface area contributed by atoms with Crippen molar-refractivity contribution < 1.29 is 33.2 Å². The van der Waals surface area contributed by atoms with E-state index in [0.717, 1.165) is 10.9 Å². The first kappa shape index (κ1) is 24.0. The van der Waals surface area contributed by atoms with Crippen molar-refractivity contribution in [3.05, 3.63) is 23.8 Å². The molecule has 1 aromatic rings. The average Bonchev–Trinajstić information content (AvgIpc) is 2.64. The van der Waals surface area contributed by atoms with Gasteiger partial charge in [0.1, 0.15) is 5.75 Å². The summed E-state index contributed by atoms with van der Waals surface area (Å²) < 4.78 is 31.5. The molecule has 1 atom stereocenters. The van der Waals surface area contributed by atoms with Crippen LogP contribution in [0.25, 0.3) is 0 Å². The maximum atomic E-state index is 11.8. The zero-order valence-corrected chi connectivity index (χ0v) is 17.4. The number of rotatable bonds is 16. The van der Waals surface area contributed by atoms with Gasteiger partial charge in [0.2, 0.25) is 0 Å². The fourth-order valence-corrected chi connectivity index (χ4v) is 2.41. The molecule has 0 bridgehead atoms. The molecule has 1 aromatic carbocycles. The van der Waals surface area contributed by atoms with Gasteiger partial charge in [-0.25, -0.2) is 0 Å². The largest absolute Gasteiger partial charge is 0.426 e. The molecule has 0 N–H and O–H groups in total. The van der Waals surface area contributed by atoms with Crippen molar-refractivity contribution in [3.8, 4) is 5.75 Å². The van der Waals surface area contributed by atoms with Crippen LogP contribution in [0.3, 0.4) is 0 Å². The monoisotopic (exact) mass is 402 g/mol. The van der Waals surface area contributed by atoms with Crippen molar-refractivity contribution in [2.75, 3.05) is 66.6 Å². The summed E-state index contributed by atoms with van der Waals surface area (Å²) in [7, 11) is 4.20. The molecule has 0 fully saturated rings. The zero-order chi connectivity index (χ0) is 19.7. The number of carbonyl (C=O) groups is 1. The molecule has 0 radical (unpaired) electrons. The number of methoxy groups -OCH3 is 1. The van der Waals surface area contributed by atoms with Gasteiger partial charge in [-0.05, 0) is 19.1 Å². The Hall–Kier alpha value is -1.08. The fourth-order valence-electron chi connectivity index (χ4n) is 1.99. The highest BCUT2D eigenvalue weighted by molar-refractivity contribution is 7.27. The Bertz CT molecular complexity index is 525. The molecule has 0 heterocycles. The number of esters is 1. The van der Waals surface area contributed by atoms with Crippen LogP contribution in [0.5, 0.6) is 5.75 Å². The van der Waals surface area contributed by atoms with Crippen LogP contribution in [-0.4, -0.2) is 72.5 Å². The third kappa shape index (κ3) is 12.8. The number of hydrogen-bond donors (Lipinski definition) is 0. The maximum absolute atomic E-state index is 11.8. The highest BCUT2D eigenvalue weighted by atomic mass is 31.0. The van der Waals surface area contributed by atoms with Crippen LogP contribution in [0.1, 0.15) is 12.0 Å². The molecule has 0 amide bonds. The Balaban J connectivity index is 1.89. The van der Waals surface area contributed by atoms with Gasteiger partial charge in [-0.15, -0.1) is 9.24 Å². The number of ether oxygens (including phenoxy) is 6. The van der Waals surface area contributed by atoms with Gasteiger partial charge in [0.05, 0.1) is 65.9 Å². The Labute approximate surface area is 163 Å². The second kappa shape index (κ2) is 15.9. The molecule has 0 aliphatic rings. The highest BCUT2D eigenvalue weighted by Crippen LogP contribution is 2.13. The van der Waals surface area contributed by atoms with Gasteiger partial charge in [-0.3, -0.25) is 4.79 Å². The molecule has 27 heavy (non-hydrogen) atoms. The molecule has 0 aliphatic carbocycles. The number of carbonyl (C=O) groups excluding carboxylic acids is 1. The Morgan fingerprint density at radius 3 is 1.89 bits per heavy atom. The van der Waals surface area contributed by atoms with Crippen molar-refractivity contribution in [1.82, 2.24) is 0 Å². The second-order valence-electron chi connectivity index (χ2n) is 5.71. The second-order valence-corrected chi connectivity index (χ2v) is 6.33. The van der Waals surface area contributed by atoms with E-state index in [1.165, 1.54) is 0 Å². The van der Waals surface area contributed by atoms with Gasteiger partial charge in [0.15, 0.2) is 0 Å². The van der Waals surface area contributed by atoms with E-state index in [2.05, 4.69) is 9.24 Å². The van der Waals surface area contributed by atoms with Crippen LogP contribution in [0.15, 0.2) is 18.2 Å². The minimum atomic E-state index is -0.315. The molecule has 8 heteroatoms. The van der Waals surface area contributed by atoms with Crippen molar-refractivity contribution >= 4 is 20.5 Å². The minimum absolute atomic E-state index is 0.199. The van der Waals surface area contributed by atoms with Crippen molar-refractivity contribution in [3.63, 3.8) is 0 Å². The van der Waals surface area contributed by atoms with E-state index in [1.54, 1.807) is 13.2 Å². The normalized spacial score (nSPS) is 10.9. The minimum Gasteiger partial charge on any atom is -0.426 e. The van der Waals surface area contributed by atoms with E-state index < -0.39 is 0 Å². The summed E-state index contributed by atoms with van der Waals surface area (Å²) >= 11 is 0. The van der Waals surface area contributed by atoms with E-state index in [9.17, 15) is 4.79 Å². The predicted molar refractivity (Wildman–Crippen MR) is 106 cm³/mol. The lowest BCUT2D eigenvalue weighted by atomic mass is 10.2. The summed E-state index contributed by atoms with van der Waals surface area (Å²) in [5, 5.41) is 0.862. The lowest BCUT2D eigenvalue weighted by Crippen LogP contribution is -2.16. The number of hydrogen-bond acceptors (Lipinski definition) is 7. The Kier molecular flexibility index (Phi) is 14.1. The lowest BCUT2D eigenvalue weighted by molar-refractivity contribution is -0.135. The summed E-state index contributed by atoms with van der Waals surface area (Å²) in [6, 6.07) is 5.64. The average molecular weight is 402 g/mol. The first-order valence-electron chi connectivity index (χ1n) is 9.00. The lowest BCUT2D eigenvalue weighted by Gasteiger charge is -2.09. The molecule has 0 aromatic heterocycles. The first-order chi connectivity index (χ1) is 13.1. The number of benzene rings is 1. The van der Waals surface area contributed by atoms with Gasteiger partial charge in [0, 0.05) is 12.4 Å². The van der Waals surface area contributed by atoms with Gasteiger partial charge < -0.3 is 28.4 Å². The smallest absolute Gasteiger partial charge is 0.313 e. The van der Waals surface area contributed by atoms with Gasteiger partial charge in [0.25, 0.3) is 0 Å². The third-order valence-electron chi connectivity index (χ3n) is 3.39. The summed E-state index contributed by atoms with van der Waals surface area (Å²) in [6.07, 6.45) is 0.199. The summed E-state index contributed by atoms with van der Waals surface area (Å²) in [4.78, 5) is 11.8. The quantitative estimate of drug-likeness (QED) is 0.180. The SMILES string of the molecule is COCCOCCOCCOCCOCCC(=O)Oc1ccc(C)cc1P. The van der Waals surface area contributed by atoms with Crippen LogP contribution < -0.4 is 10.0 Å². The molecule has 0 saturated heterocycles. The van der Waals surface area contributed by atoms with Crippen molar-refractivity contribution in [2.45, 2.75) is 13.3 Å².